The lowest BCUT2D eigenvalue weighted by molar-refractivity contribution is -0.146. The standard InChI is InChI=1S/C14H19NO4/c1-3-19-12-6-4-11(5-7-12)8-9-15-13(16)10(2)14(17)18/h4-7,10H,3,8-9H2,1-2H3,(H,15,16)(H,17,18). The number of hydrogen-bond donors (Lipinski definition) is 2. The molecule has 1 atom stereocenters. The summed E-state index contributed by atoms with van der Waals surface area (Å²) in [4.78, 5) is 22.0. The van der Waals surface area contributed by atoms with Gasteiger partial charge in [-0.3, -0.25) is 9.59 Å². The molecule has 0 spiro atoms. The van der Waals surface area contributed by atoms with Gasteiger partial charge in [-0.25, -0.2) is 0 Å². The Labute approximate surface area is 112 Å². The summed E-state index contributed by atoms with van der Waals surface area (Å²) in [7, 11) is 0. The second-order valence-corrected chi connectivity index (χ2v) is 4.18. The van der Waals surface area contributed by atoms with E-state index in [4.69, 9.17) is 9.84 Å². The van der Waals surface area contributed by atoms with Gasteiger partial charge in [0.1, 0.15) is 11.7 Å². The molecule has 1 rings (SSSR count). The Morgan fingerprint density at radius 3 is 2.47 bits per heavy atom. The van der Waals surface area contributed by atoms with E-state index in [9.17, 15) is 9.59 Å². The monoisotopic (exact) mass is 265 g/mol. The van der Waals surface area contributed by atoms with Crippen molar-refractivity contribution in [2.75, 3.05) is 13.2 Å². The van der Waals surface area contributed by atoms with Crippen LogP contribution in [0.4, 0.5) is 0 Å². The van der Waals surface area contributed by atoms with Crippen molar-refractivity contribution in [3.63, 3.8) is 0 Å². The fraction of sp³-hybridized carbons (Fsp3) is 0.429. The van der Waals surface area contributed by atoms with Gasteiger partial charge in [0, 0.05) is 6.54 Å². The van der Waals surface area contributed by atoms with Gasteiger partial charge in [-0.15, -0.1) is 0 Å². The molecule has 104 valence electrons. The van der Waals surface area contributed by atoms with E-state index >= 15 is 0 Å². The van der Waals surface area contributed by atoms with Crippen molar-refractivity contribution in [3.8, 4) is 5.75 Å². The van der Waals surface area contributed by atoms with Gasteiger partial charge in [0.25, 0.3) is 0 Å². The largest absolute Gasteiger partial charge is 0.494 e. The minimum absolute atomic E-state index is 0.421. The van der Waals surface area contributed by atoms with E-state index in [2.05, 4.69) is 5.32 Å². The van der Waals surface area contributed by atoms with Crippen LogP contribution in [0.2, 0.25) is 0 Å². The van der Waals surface area contributed by atoms with Crippen molar-refractivity contribution in [2.45, 2.75) is 20.3 Å². The van der Waals surface area contributed by atoms with Crippen LogP contribution in [0.5, 0.6) is 5.75 Å². The first kappa shape index (κ1) is 15.0. The van der Waals surface area contributed by atoms with Crippen LogP contribution in [0.25, 0.3) is 0 Å². The highest BCUT2D eigenvalue weighted by Crippen LogP contribution is 2.12. The molecule has 1 aromatic rings. The second-order valence-electron chi connectivity index (χ2n) is 4.18. The molecular weight excluding hydrogens is 246 g/mol. The van der Waals surface area contributed by atoms with Crippen LogP contribution in [0.3, 0.4) is 0 Å². The maximum absolute atomic E-state index is 11.4. The first-order valence-electron chi connectivity index (χ1n) is 6.26. The summed E-state index contributed by atoms with van der Waals surface area (Å²) in [6, 6.07) is 7.61. The summed E-state index contributed by atoms with van der Waals surface area (Å²) in [6.45, 7) is 4.34. The summed E-state index contributed by atoms with van der Waals surface area (Å²) in [6.07, 6.45) is 0.657. The van der Waals surface area contributed by atoms with Crippen molar-refractivity contribution in [2.24, 2.45) is 5.92 Å². The Morgan fingerprint density at radius 2 is 1.95 bits per heavy atom. The molecule has 5 heteroatoms. The number of hydrogen-bond acceptors (Lipinski definition) is 3. The number of carboxylic acids is 1. The number of rotatable bonds is 7. The second kappa shape index (κ2) is 7.41. The van der Waals surface area contributed by atoms with Crippen LogP contribution in [-0.4, -0.2) is 30.1 Å². The summed E-state index contributed by atoms with van der Waals surface area (Å²) in [5.41, 5.74) is 1.06. The summed E-state index contributed by atoms with van der Waals surface area (Å²) < 4.78 is 5.33. The molecule has 0 aliphatic rings. The van der Waals surface area contributed by atoms with Crippen LogP contribution < -0.4 is 10.1 Å². The predicted octanol–water partition coefficient (Wildman–Crippen LogP) is 1.46. The number of carbonyl (C=O) groups excluding carboxylic acids is 1. The zero-order chi connectivity index (χ0) is 14.3. The molecule has 0 bridgehead atoms. The molecule has 1 aromatic carbocycles. The number of aliphatic carboxylic acids is 1. The molecule has 0 aromatic heterocycles. The van der Waals surface area contributed by atoms with Gasteiger partial charge in [-0.1, -0.05) is 12.1 Å². The molecule has 5 nitrogen and oxygen atoms in total. The lowest BCUT2D eigenvalue weighted by Gasteiger charge is -2.08. The molecule has 0 saturated heterocycles. The van der Waals surface area contributed by atoms with Crippen LogP contribution in [0.1, 0.15) is 19.4 Å². The van der Waals surface area contributed by atoms with E-state index < -0.39 is 17.8 Å². The van der Waals surface area contributed by atoms with Crippen LogP contribution in [0, 0.1) is 5.92 Å². The molecule has 0 aliphatic carbocycles. The Hall–Kier alpha value is -2.04. The molecule has 0 radical (unpaired) electrons. The number of benzene rings is 1. The summed E-state index contributed by atoms with van der Waals surface area (Å²) >= 11 is 0. The number of amides is 1. The molecule has 0 aliphatic heterocycles. The van der Waals surface area contributed by atoms with Gasteiger partial charge in [-0.05, 0) is 38.0 Å². The number of carboxylic acid groups (broad SMARTS) is 1. The first-order chi connectivity index (χ1) is 9.04. The topological polar surface area (TPSA) is 75.6 Å². The van der Waals surface area contributed by atoms with Crippen molar-refractivity contribution in [1.29, 1.82) is 0 Å². The van der Waals surface area contributed by atoms with E-state index in [1.165, 1.54) is 6.92 Å². The van der Waals surface area contributed by atoms with Crippen molar-refractivity contribution < 1.29 is 19.4 Å². The maximum atomic E-state index is 11.4. The Bertz CT molecular complexity index is 428. The third kappa shape index (κ3) is 4.99. The molecule has 0 saturated carbocycles. The van der Waals surface area contributed by atoms with E-state index in [-0.39, 0.29) is 0 Å². The van der Waals surface area contributed by atoms with Gasteiger partial charge >= 0.3 is 5.97 Å². The highest BCUT2D eigenvalue weighted by molar-refractivity contribution is 5.96. The van der Waals surface area contributed by atoms with Crippen LogP contribution >= 0.6 is 0 Å². The van der Waals surface area contributed by atoms with Gasteiger partial charge < -0.3 is 15.2 Å². The molecule has 2 N–H and O–H groups in total. The smallest absolute Gasteiger partial charge is 0.315 e. The Balaban J connectivity index is 2.37. The average Bonchev–Trinajstić information content (AvgIpc) is 2.40. The minimum Gasteiger partial charge on any atom is -0.494 e. The fourth-order valence-electron chi connectivity index (χ4n) is 1.51. The van der Waals surface area contributed by atoms with Gasteiger partial charge in [0.05, 0.1) is 6.61 Å². The van der Waals surface area contributed by atoms with Gasteiger partial charge in [-0.2, -0.15) is 0 Å². The van der Waals surface area contributed by atoms with Crippen molar-refractivity contribution in [1.82, 2.24) is 5.32 Å². The zero-order valence-electron chi connectivity index (χ0n) is 11.2. The predicted molar refractivity (Wildman–Crippen MR) is 71.1 cm³/mol. The first-order valence-corrected chi connectivity index (χ1v) is 6.26. The van der Waals surface area contributed by atoms with E-state index in [0.717, 1.165) is 11.3 Å². The molecule has 19 heavy (non-hydrogen) atoms. The number of carbonyl (C=O) groups is 2. The number of ether oxygens (including phenoxy) is 1. The quantitative estimate of drug-likeness (QED) is 0.732. The average molecular weight is 265 g/mol. The van der Waals surface area contributed by atoms with Crippen LogP contribution in [-0.2, 0) is 16.0 Å². The van der Waals surface area contributed by atoms with E-state index in [1.807, 2.05) is 31.2 Å². The minimum atomic E-state index is -1.11. The highest BCUT2D eigenvalue weighted by atomic mass is 16.5. The molecular formula is C14H19NO4. The fourth-order valence-corrected chi connectivity index (χ4v) is 1.51. The SMILES string of the molecule is CCOc1ccc(CCNC(=O)C(C)C(=O)O)cc1. The van der Waals surface area contributed by atoms with Gasteiger partial charge in [0.15, 0.2) is 0 Å². The van der Waals surface area contributed by atoms with E-state index in [1.54, 1.807) is 0 Å². The molecule has 0 heterocycles. The Kier molecular flexibility index (Phi) is 5.85. The highest BCUT2D eigenvalue weighted by Gasteiger charge is 2.19. The molecule has 1 amide bonds. The summed E-state index contributed by atoms with van der Waals surface area (Å²) in [5.74, 6) is -1.77. The molecule has 1 unspecified atom stereocenters. The van der Waals surface area contributed by atoms with Crippen LogP contribution in [0.15, 0.2) is 24.3 Å². The third-order valence-electron chi connectivity index (χ3n) is 2.71. The Morgan fingerprint density at radius 1 is 1.32 bits per heavy atom. The van der Waals surface area contributed by atoms with Crippen molar-refractivity contribution in [3.05, 3.63) is 29.8 Å². The van der Waals surface area contributed by atoms with E-state index in [0.29, 0.717) is 19.6 Å². The lowest BCUT2D eigenvalue weighted by Crippen LogP contribution is -2.34. The van der Waals surface area contributed by atoms with Crippen molar-refractivity contribution >= 4 is 11.9 Å². The van der Waals surface area contributed by atoms with Gasteiger partial charge in [0.2, 0.25) is 5.91 Å². The maximum Gasteiger partial charge on any atom is 0.315 e. The molecule has 0 fully saturated rings. The summed E-state index contributed by atoms with van der Waals surface area (Å²) in [5, 5.41) is 11.3. The normalized spacial score (nSPS) is 11.7. The lowest BCUT2D eigenvalue weighted by atomic mass is 10.1. The third-order valence-corrected chi connectivity index (χ3v) is 2.71. The number of nitrogens with one attached hydrogen (secondary N) is 1. The zero-order valence-corrected chi connectivity index (χ0v) is 11.2.